The molecule has 0 N–H and O–H groups in total. The predicted molar refractivity (Wildman–Crippen MR) is 45.8 cm³/mol. The summed E-state index contributed by atoms with van der Waals surface area (Å²) in [5.41, 5.74) is 1.13. The minimum absolute atomic E-state index is 0.638. The monoisotopic (exact) mass is 151 g/mol. The van der Waals surface area contributed by atoms with Crippen LogP contribution in [0.25, 0.3) is 0 Å². The van der Waals surface area contributed by atoms with E-state index < -0.39 is 0 Å². The van der Waals surface area contributed by atoms with Crippen LogP contribution in [0.2, 0.25) is 0 Å². The zero-order valence-electron chi connectivity index (χ0n) is 7.00. The Morgan fingerprint density at radius 3 is 2.91 bits per heavy atom. The van der Waals surface area contributed by atoms with Gasteiger partial charge in [0.25, 0.3) is 0 Å². The molecule has 0 bridgehead atoms. The zero-order chi connectivity index (χ0) is 8.27. The topological polar surface area (TPSA) is 12.5 Å². The number of rotatable bonds is 1. The molecule has 1 aliphatic rings. The Bertz CT molecular complexity index is 216. The maximum atomic E-state index is 5.36. The van der Waals surface area contributed by atoms with E-state index in [0.717, 1.165) is 11.5 Å². The van der Waals surface area contributed by atoms with Crippen molar-refractivity contribution in [3.63, 3.8) is 0 Å². The van der Waals surface area contributed by atoms with Gasteiger partial charge >= 0.3 is 0 Å². The summed E-state index contributed by atoms with van der Waals surface area (Å²) in [6, 6.07) is 0. The quantitative estimate of drug-likeness (QED) is 0.567. The van der Waals surface area contributed by atoms with Crippen LogP contribution in [0.4, 0.5) is 0 Å². The molecule has 0 aromatic rings. The molecule has 1 saturated heterocycles. The second-order valence-electron chi connectivity index (χ2n) is 2.41. The predicted octanol–water partition coefficient (Wildman–Crippen LogP) is 1.88. The Morgan fingerprint density at radius 1 is 1.64 bits per heavy atom. The summed E-state index contributed by atoms with van der Waals surface area (Å²) < 4.78 is 5.36. The summed E-state index contributed by atoms with van der Waals surface area (Å²) in [5.74, 6) is 0.907. The van der Waals surface area contributed by atoms with E-state index in [1.165, 1.54) is 0 Å². The largest absolute Gasteiger partial charge is 0.471 e. The Kier molecular flexibility index (Phi) is 2.36. The van der Waals surface area contributed by atoms with Gasteiger partial charge in [-0.3, -0.25) is 0 Å². The smallest absolute Gasteiger partial charge is 0.161 e. The van der Waals surface area contributed by atoms with Crippen molar-refractivity contribution < 1.29 is 4.74 Å². The molecule has 60 valence electrons. The van der Waals surface area contributed by atoms with E-state index in [1.54, 1.807) is 6.08 Å². The van der Waals surface area contributed by atoms with Gasteiger partial charge in [-0.2, -0.15) is 0 Å². The SMILES string of the molecule is C=C/C=C1/OCN(C)/C1=C/C. The van der Waals surface area contributed by atoms with Gasteiger partial charge in [-0.1, -0.05) is 18.7 Å². The molecule has 1 heterocycles. The molecule has 0 aliphatic carbocycles. The standard InChI is InChI=1S/C9H13NO/c1-4-6-9-8(5-2)10(3)7-11-9/h4-6H,1,7H2,2-3H3/b8-5+,9-6+. The molecule has 0 radical (unpaired) electrons. The molecule has 0 atom stereocenters. The van der Waals surface area contributed by atoms with Crippen LogP contribution in [-0.4, -0.2) is 18.7 Å². The highest BCUT2D eigenvalue weighted by Gasteiger charge is 2.17. The van der Waals surface area contributed by atoms with Crippen molar-refractivity contribution >= 4 is 0 Å². The van der Waals surface area contributed by atoms with Crippen LogP contribution in [0.1, 0.15) is 6.92 Å². The van der Waals surface area contributed by atoms with Gasteiger partial charge in [-0.25, -0.2) is 0 Å². The first-order valence-electron chi connectivity index (χ1n) is 3.63. The van der Waals surface area contributed by atoms with Crippen LogP contribution in [0, 0.1) is 0 Å². The van der Waals surface area contributed by atoms with E-state index in [-0.39, 0.29) is 0 Å². The fourth-order valence-corrected chi connectivity index (χ4v) is 1.10. The third-order valence-corrected chi connectivity index (χ3v) is 1.62. The Hall–Kier alpha value is -1.18. The average Bonchev–Trinajstić information content (AvgIpc) is 2.33. The zero-order valence-corrected chi connectivity index (χ0v) is 7.00. The summed E-state index contributed by atoms with van der Waals surface area (Å²) in [6.07, 6.45) is 5.64. The molecule has 11 heavy (non-hydrogen) atoms. The van der Waals surface area contributed by atoms with E-state index in [1.807, 2.05) is 26.1 Å². The molecular formula is C9H13NO. The third-order valence-electron chi connectivity index (χ3n) is 1.62. The van der Waals surface area contributed by atoms with E-state index >= 15 is 0 Å². The molecule has 0 spiro atoms. The third kappa shape index (κ3) is 1.45. The lowest BCUT2D eigenvalue weighted by Crippen LogP contribution is -2.10. The Morgan fingerprint density at radius 2 is 2.36 bits per heavy atom. The van der Waals surface area contributed by atoms with E-state index in [0.29, 0.717) is 6.73 Å². The second kappa shape index (κ2) is 3.28. The minimum Gasteiger partial charge on any atom is -0.471 e. The molecule has 0 amide bonds. The van der Waals surface area contributed by atoms with Crippen LogP contribution in [0.5, 0.6) is 0 Å². The fourth-order valence-electron chi connectivity index (χ4n) is 1.10. The summed E-state index contributed by atoms with van der Waals surface area (Å²) in [7, 11) is 2.00. The average molecular weight is 151 g/mol. The maximum absolute atomic E-state index is 5.36. The van der Waals surface area contributed by atoms with Crippen molar-refractivity contribution in [1.82, 2.24) is 4.90 Å². The number of hydrogen-bond donors (Lipinski definition) is 0. The Labute approximate surface area is 67.5 Å². The van der Waals surface area contributed by atoms with Gasteiger partial charge in [0.2, 0.25) is 0 Å². The first-order valence-corrected chi connectivity index (χ1v) is 3.63. The van der Waals surface area contributed by atoms with Crippen molar-refractivity contribution in [3.8, 4) is 0 Å². The molecule has 1 aliphatic heterocycles. The molecule has 0 unspecified atom stereocenters. The number of allylic oxidation sites excluding steroid dienone is 3. The van der Waals surface area contributed by atoms with Crippen molar-refractivity contribution in [3.05, 3.63) is 36.3 Å². The molecule has 2 heteroatoms. The van der Waals surface area contributed by atoms with Gasteiger partial charge in [0.15, 0.2) is 6.73 Å². The molecule has 0 saturated carbocycles. The number of ether oxygens (including phenoxy) is 1. The Balaban J connectivity index is 2.86. The van der Waals surface area contributed by atoms with E-state index in [2.05, 4.69) is 11.5 Å². The summed E-state index contributed by atoms with van der Waals surface area (Å²) in [6.45, 7) is 6.25. The lowest BCUT2D eigenvalue weighted by molar-refractivity contribution is 0.192. The molecule has 1 rings (SSSR count). The van der Waals surface area contributed by atoms with Gasteiger partial charge in [0.05, 0.1) is 5.70 Å². The maximum Gasteiger partial charge on any atom is 0.161 e. The summed E-state index contributed by atoms with van der Waals surface area (Å²) in [5, 5.41) is 0. The highest BCUT2D eigenvalue weighted by molar-refractivity contribution is 5.29. The van der Waals surface area contributed by atoms with Crippen molar-refractivity contribution in [1.29, 1.82) is 0 Å². The highest BCUT2D eigenvalue weighted by Crippen LogP contribution is 2.22. The molecule has 0 aromatic heterocycles. The van der Waals surface area contributed by atoms with Crippen LogP contribution >= 0.6 is 0 Å². The van der Waals surface area contributed by atoms with Gasteiger partial charge < -0.3 is 9.64 Å². The fraction of sp³-hybridized carbons (Fsp3) is 0.333. The van der Waals surface area contributed by atoms with Crippen LogP contribution < -0.4 is 0 Å². The van der Waals surface area contributed by atoms with Gasteiger partial charge in [-0.15, -0.1) is 0 Å². The lowest BCUT2D eigenvalue weighted by Gasteiger charge is -2.06. The highest BCUT2D eigenvalue weighted by atomic mass is 16.5. The minimum atomic E-state index is 0.638. The van der Waals surface area contributed by atoms with Crippen molar-refractivity contribution in [2.75, 3.05) is 13.8 Å². The van der Waals surface area contributed by atoms with Crippen LogP contribution in [0.15, 0.2) is 36.3 Å². The normalized spacial score (nSPS) is 24.4. The summed E-state index contributed by atoms with van der Waals surface area (Å²) >= 11 is 0. The first-order chi connectivity index (χ1) is 5.29. The van der Waals surface area contributed by atoms with Crippen LogP contribution in [-0.2, 0) is 4.74 Å². The van der Waals surface area contributed by atoms with Gasteiger partial charge in [-0.05, 0) is 13.0 Å². The molecule has 0 aromatic carbocycles. The second-order valence-corrected chi connectivity index (χ2v) is 2.41. The lowest BCUT2D eigenvalue weighted by atomic mass is 10.3. The van der Waals surface area contributed by atoms with E-state index in [9.17, 15) is 0 Å². The molecule has 2 nitrogen and oxygen atoms in total. The van der Waals surface area contributed by atoms with Crippen LogP contribution in [0.3, 0.4) is 0 Å². The van der Waals surface area contributed by atoms with Gasteiger partial charge in [0.1, 0.15) is 5.76 Å². The number of likely N-dealkylation sites (N-methyl/N-ethyl adjacent to an activating group) is 1. The van der Waals surface area contributed by atoms with Crippen molar-refractivity contribution in [2.24, 2.45) is 0 Å². The van der Waals surface area contributed by atoms with E-state index in [4.69, 9.17) is 4.74 Å². The van der Waals surface area contributed by atoms with Gasteiger partial charge in [0, 0.05) is 7.05 Å². The van der Waals surface area contributed by atoms with Crippen molar-refractivity contribution in [2.45, 2.75) is 6.92 Å². The number of nitrogens with zero attached hydrogens (tertiary/aromatic N) is 1. The number of hydrogen-bond acceptors (Lipinski definition) is 2. The molecule has 1 fully saturated rings. The summed E-state index contributed by atoms with van der Waals surface area (Å²) in [4.78, 5) is 2.05. The first kappa shape index (κ1) is 7.92. The molecular weight excluding hydrogens is 138 g/mol.